The van der Waals surface area contributed by atoms with Gasteiger partial charge in [0.1, 0.15) is 0 Å². The maximum absolute atomic E-state index is 12.8. The molecule has 0 spiro atoms. The van der Waals surface area contributed by atoms with Crippen LogP contribution in [0.4, 0.5) is 18.9 Å². The highest BCUT2D eigenvalue weighted by Crippen LogP contribution is 2.31. The lowest BCUT2D eigenvalue weighted by Crippen LogP contribution is -2.23. The number of carbonyl (C=O) groups is 1. The zero-order valence-corrected chi connectivity index (χ0v) is 16.0. The average molecular weight is 412 g/mol. The van der Waals surface area contributed by atoms with Crippen molar-refractivity contribution in [2.45, 2.75) is 23.5 Å². The number of alkyl halides is 3. The van der Waals surface area contributed by atoms with Crippen LogP contribution in [0.15, 0.2) is 46.9 Å². The molecule has 1 aromatic carbocycles. The Balaban J connectivity index is 1.68. The number of nitrogens with one attached hydrogen (secondary N) is 1. The van der Waals surface area contributed by atoms with Gasteiger partial charge in [-0.3, -0.25) is 4.79 Å². The monoisotopic (exact) mass is 412 g/mol. The van der Waals surface area contributed by atoms with E-state index in [1.165, 1.54) is 35.2 Å². The number of halogens is 3. The van der Waals surface area contributed by atoms with Crippen molar-refractivity contribution in [3.63, 3.8) is 0 Å². The normalized spacial score (nSPS) is 12.8. The Hall–Kier alpha value is -2.33. The first-order chi connectivity index (χ1) is 12.8. The predicted molar refractivity (Wildman–Crippen MR) is 99.7 cm³/mol. The third-order valence-corrected chi connectivity index (χ3v) is 5.69. The number of hydrogen-bond acceptors (Lipinski definition) is 5. The largest absolute Gasteiger partial charge is 0.416 e. The van der Waals surface area contributed by atoms with E-state index >= 15 is 0 Å². The number of nitrogens with zero attached hydrogens (tertiary/aromatic N) is 3. The lowest BCUT2D eigenvalue weighted by Gasteiger charge is -2.13. The minimum absolute atomic E-state index is 0.0968. The molecule has 1 N–H and O–H groups in total. The van der Waals surface area contributed by atoms with Crippen LogP contribution in [0.5, 0.6) is 0 Å². The summed E-state index contributed by atoms with van der Waals surface area (Å²) in [5.74, 6) is 0.276. The van der Waals surface area contributed by atoms with Crippen molar-refractivity contribution in [1.82, 2.24) is 14.8 Å². The fraction of sp³-hybridized carbons (Fsp3) is 0.235. The minimum atomic E-state index is -4.46. The fourth-order valence-corrected chi connectivity index (χ4v) is 3.83. The van der Waals surface area contributed by atoms with Crippen molar-refractivity contribution in [1.29, 1.82) is 0 Å². The number of thioether (sulfide) groups is 1. The van der Waals surface area contributed by atoms with Gasteiger partial charge in [-0.05, 0) is 36.6 Å². The van der Waals surface area contributed by atoms with E-state index in [-0.39, 0.29) is 5.69 Å². The second kappa shape index (κ2) is 7.73. The lowest BCUT2D eigenvalue weighted by atomic mass is 10.2. The van der Waals surface area contributed by atoms with Crippen LogP contribution in [0.1, 0.15) is 12.5 Å². The van der Waals surface area contributed by atoms with E-state index in [1.54, 1.807) is 18.5 Å². The summed E-state index contributed by atoms with van der Waals surface area (Å²) in [5.41, 5.74) is -0.714. The van der Waals surface area contributed by atoms with Crippen molar-refractivity contribution in [2.75, 3.05) is 5.32 Å². The van der Waals surface area contributed by atoms with Crippen molar-refractivity contribution < 1.29 is 18.0 Å². The Kier molecular flexibility index (Phi) is 5.56. The van der Waals surface area contributed by atoms with E-state index in [1.807, 2.05) is 17.5 Å². The summed E-state index contributed by atoms with van der Waals surface area (Å²) in [6, 6.07) is 8.37. The Labute approximate surface area is 161 Å². The molecule has 0 aliphatic rings. The minimum Gasteiger partial charge on any atom is -0.325 e. The maximum atomic E-state index is 12.8. The number of aromatic nitrogens is 3. The van der Waals surface area contributed by atoms with E-state index in [4.69, 9.17) is 0 Å². The molecule has 1 atom stereocenters. The Morgan fingerprint density at radius 1 is 1.26 bits per heavy atom. The molecule has 27 heavy (non-hydrogen) atoms. The van der Waals surface area contributed by atoms with Gasteiger partial charge in [0, 0.05) is 12.7 Å². The van der Waals surface area contributed by atoms with E-state index in [0.29, 0.717) is 11.0 Å². The van der Waals surface area contributed by atoms with Gasteiger partial charge in [-0.1, -0.05) is 23.9 Å². The molecule has 5 nitrogen and oxygen atoms in total. The second-order valence-electron chi connectivity index (χ2n) is 5.67. The quantitative estimate of drug-likeness (QED) is 0.618. The van der Waals surface area contributed by atoms with Crippen LogP contribution in [0.2, 0.25) is 0 Å². The standard InChI is InChI=1S/C17H15F3N4OS2/c1-10(15(25)21-12-6-3-5-11(9-12)17(18,19)20)27-16-23-22-14(24(16)2)13-7-4-8-26-13/h3-10H,1-2H3,(H,21,25). The first kappa shape index (κ1) is 19.4. The highest BCUT2D eigenvalue weighted by Gasteiger charge is 2.30. The molecule has 1 unspecified atom stereocenters. The number of amides is 1. The number of benzene rings is 1. The van der Waals surface area contributed by atoms with Crippen molar-refractivity contribution in [2.24, 2.45) is 7.05 Å². The number of anilines is 1. The smallest absolute Gasteiger partial charge is 0.325 e. The molecule has 0 saturated carbocycles. The molecule has 2 aromatic heterocycles. The molecule has 0 aliphatic carbocycles. The number of hydrogen-bond donors (Lipinski definition) is 1. The molecule has 3 aromatic rings. The number of thiophene rings is 1. The van der Waals surface area contributed by atoms with E-state index in [0.717, 1.165) is 17.0 Å². The van der Waals surface area contributed by atoms with Gasteiger partial charge in [-0.15, -0.1) is 21.5 Å². The topological polar surface area (TPSA) is 59.8 Å². The van der Waals surface area contributed by atoms with Gasteiger partial charge >= 0.3 is 6.18 Å². The summed E-state index contributed by atoms with van der Waals surface area (Å²) in [7, 11) is 1.80. The van der Waals surface area contributed by atoms with Crippen LogP contribution in [0, 0.1) is 0 Å². The van der Waals surface area contributed by atoms with Crippen LogP contribution in [-0.2, 0) is 18.0 Å². The molecule has 0 aliphatic heterocycles. The van der Waals surface area contributed by atoms with Gasteiger partial charge in [0.25, 0.3) is 0 Å². The Morgan fingerprint density at radius 2 is 2.04 bits per heavy atom. The fourth-order valence-electron chi connectivity index (χ4n) is 2.27. The van der Waals surface area contributed by atoms with Crippen molar-refractivity contribution >= 4 is 34.7 Å². The lowest BCUT2D eigenvalue weighted by molar-refractivity contribution is -0.137. The summed E-state index contributed by atoms with van der Waals surface area (Å²) in [4.78, 5) is 13.3. The van der Waals surface area contributed by atoms with Crippen LogP contribution in [0.3, 0.4) is 0 Å². The van der Waals surface area contributed by atoms with Crippen LogP contribution < -0.4 is 5.32 Å². The number of rotatable bonds is 5. The van der Waals surface area contributed by atoms with Crippen LogP contribution in [0.25, 0.3) is 10.7 Å². The Morgan fingerprint density at radius 3 is 2.70 bits per heavy atom. The first-order valence-electron chi connectivity index (χ1n) is 7.84. The molecular weight excluding hydrogens is 397 g/mol. The summed E-state index contributed by atoms with van der Waals surface area (Å²) in [6.07, 6.45) is -4.46. The molecule has 0 fully saturated rings. The molecule has 0 saturated heterocycles. The van der Waals surface area contributed by atoms with E-state index < -0.39 is 22.9 Å². The summed E-state index contributed by atoms with van der Waals surface area (Å²) >= 11 is 2.72. The van der Waals surface area contributed by atoms with Crippen LogP contribution >= 0.6 is 23.1 Å². The zero-order chi connectivity index (χ0) is 19.6. The first-order valence-corrected chi connectivity index (χ1v) is 9.59. The molecule has 2 heterocycles. The van der Waals surface area contributed by atoms with Gasteiger partial charge < -0.3 is 9.88 Å². The zero-order valence-electron chi connectivity index (χ0n) is 14.3. The highest BCUT2D eigenvalue weighted by molar-refractivity contribution is 8.00. The van der Waals surface area contributed by atoms with Gasteiger partial charge in [0.15, 0.2) is 11.0 Å². The SMILES string of the molecule is CC(Sc1nnc(-c2cccs2)n1C)C(=O)Nc1cccc(C(F)(F)F)c1. The summed E-state index contributed by atoms with van der Waals surface area (Å²) in [6.45, 7) is 1.66. The van der Waals surface area contributed by atoms with Crippen molar-refractivity contribution in [3.8, 4) is 10.7 Å². The highest BCUT2D eigenvalue weighted by atomic mass is 32.2. The second-order valence-corrected chi connectivity index (χ2v) is 7.93. The maximum Gasteiger partial charge on any atom is 0.416 e. The molecule has 0 radical (unpaired) electrons. The molecule has 0 bridgehead atoms. The average Bonchev–Trinajstić information content (AvgIpc) is 3.25. The predicted octanol–water partition coefficient (Wildman–Crippen LogP) is 4.68. The van der Waals surface area contributed by atoms with Crippen LogP contribution in [-0.4, -0.2) is 25.9 Å². The summed E-state index contributed by atoms with van der Waals surface area (Å²) < 4.78 is 40.1. The van der Waals surface area contributed by atoms with Gasteiger partial charge in [-0.2, -0.15) is 13.2 Å². The van der Waals surface area contributed by atoms with Gasteiger partial charge in [0.05, 0.1) is 15.7 Å². The molecule has 3 rings (SSSR count). The van der Waals surface area contributed by atoms with E-state index in [2.05, 4.69) is 15.5 Å². The third-order valence-electron chi connectivity index (χ3n) is 3.69. The van der Waals surface area contributed by atoms with Gasteiger partial charge in [-0.25, -0.2) is 0 Å². The third kappa shape index (κ3) is 4.51. The van der Waals surface area contributed by atoms with E-state index in [9.17, 15) is 18.0 Å². The Bertz CT molecular complexity index is 938. The molecular formula is C17H15F3N4OS2. The molecule has 142 valence electrons. The molecule has 1 amide bonds. The number of carbonyl (C=O) groups excluding carboxylic acids is 1. The summed E-state index contributed by atoms with van der Waals surface area (Å²) in [5, 5.41) is 12.7. The van der Waals surface area contributed by atoms with Crippen molar-refractivity contribution in [3.05, 3.63) is 47.3 Å². The molecule has 10 heteroatoms. The van der Waals surface area contributed by atoms with Gasteiger partial charge in [0.2, 0.25) is 5.91 Å².